The molecule has 21 heavy (non-hydrogen) atoms. The predicted molar refractivity (Wildman–Crippen MR) is 86.7 cm³/mol. The van der Waals surface area contributed by atoms with Crippen LogP contribution >= 0.6 is 11.6 Å². The Labute approximate surface area is 129 Å². The summed E-state index contributed by atoms with van der Waals surface area (Å²) in [5.74, 6) is 1.95. The lowest BCUT2D eigenvalue weighted by Gasteiger charge is -2.13. The Morgan fingerprint density at radius 1 is 1.33 bits per heavy atom. The van der Waals surface area contributed by atoms with E-state index in [9.17, 15) is 0 Å². The van der Waals surface area contributed by atoms with Gasteiger partial charge in [0.25, 0.3) is 0 Å². The topological polar surface area (TPSA) is 59.1 Å². The molecule has 5 nitrogen and oxygen atoms in total. The van der Waals surface area contributed by atoms with Gasteiger partial charge in [0.1, 0.15) is 11.6 Å². The maximum Gasteiger partial charge on any atom is 0.229 e. The molecule has 0 bridgehead atoms. The summed E-state index contributed by atoms with van der Waals surface area (Å²) in [4.78, 5) is 8.62. The molecular weight excluding hydrogens is 288 g/mol. The Bertz CT molecular complexity index is 606. The van der Waals surface area contributed by atoms with E-state index < -0.39 is 0 Å². The maximum atomic E-state index is 6.10. The van der Waals surface area contributed by atoms with Gasteiger partial charge in [-0.1, -0.05) is 18.5 Å². The van der Waals surface area contributed by atoms with E-state index in [1.165, 1.54) is 0 Å². The summed E-state index contributed by atoms with van der Waals surface area (Å²) in [5.41, 5.74) is 0.807. The fraction of sp³-hybridized carbons (Fsp3) is 0.333. The first-order chi connectivity index (χ1) is 10.1. The second-order valence-corrected chi connectivity index (χ2v) is 5.10. The number of hydrogen-bond acceptors (Lipinski definition) is 5. The Hall–Kier alpha value is -2.01. The van der Waals surface area contributed by atoms with Gasteiger partial charge in [-0.05, 0) is 37.6 Å². The lowest BCUT2D eigenvalue weighted by atomic mass is 10.2. The molecule has 0 aliphatic carbocycles. The molecule has 0 amide bonds. The molecule has 1 aromatic carbocycles. The summed E-state index contributed by atoms with van der Waals surface area (Å²) >= 11 is 6.10. The molecule has 112 valence electrons. The minimum absolute atomic E-state index is 0.364. The molecule has 1 atom stereocenters. The average molecular weight is 307 g/mol. The van der Waals surface area contributed by atoms with Crippen LogP contribution in [0.5, 0.6) is 5.75 Å². The van der Waals surface area contributed by atoms with Gasteiger partial charge in [-0.15, -0.1) is 0 Å². The molecule has 0 saturated carbocycles. The second-order valence-electron chi connectivity index (χ2n) is 4.69. The Morgan fingerprint density at radius 3 is 2.81 bits per heavy atom. The van der Waals surface area contributed by atoms with Crippen LogP contribution in [0, 0.1) is 0 Å². The maximum absolute atomic E-state index is 6.10. The van der Waals surface area contributed by atoms with Gasteiger partial charge in [0.2, 0.25) is 5.95 Å². The lowest BCUT2D eigenvalue weighted by Crippen LogP contribution is -2.14. The third kappa shape index (κ3) is 4.23. The van der Waals surface area contributed by atoms with Crippen LogP contribution in [0.15, 0.2) is 30.5 Å². The van der Waals surface area contributed by atoms with E-state index in [2.05, 4.69) is 34.4 Å². The quantitative estimate of drug-likeness (QED) is 0.841. The summed E-state index contributed by atoms with van der Waals surface area (Å²) in [6, 6.07) is 7.65. The van der Waals surface area contributed by atoms with Gasteiger partial charge < -0.3 is 15.4 Å². The van der Waals surface area contributed by atoms with Gasteiger partial charge in [0, 0.05) is 17.9 Å². The lowest BCUT2D eigenvalue weighted by molar-refractivity contribution is 0.415. The molecule has 2 rings (SSSR count). The van der Waals surface area contributed by atoms with Crippen molar-refractivity contribution in [2.24, 2.45) is 0 Å². The van der Waals surface area contributed by atoms with Crippen LogP contribution in [-0.2, 0) is 0 Å². The number of methoxy groups -OCH3 is 1. The molecule has 1 unspecified atom stereocenters. The van der Waals surface area contributed by atoms with Crippen LogP contribution in [0.2, 0.25) is 5.02 Å². The Morgan fingerprint density at radius 2 is 2.14 bits per heavy atom. The number of hydrogen-bond donors (Lipinski definition) is 2. The molecule has 0 aliphatic heterocycles. The van der Waals surface area contributed by atoms with E-state index in [0.717, 1.165) is 17.9 Å². The van der Waals surface area contributed by atoms with Gasteiger partial charge >= 0.3 is 0 Å². The van der Waals surface area contributed by atoms with Crippen molar-refractivity contribution in [3.63, 3.8) is 0 Å². The summed E-state index contributed by atoms with van der Waals surface area (Å²) in [6.45, 7) is 4.23. The van der Waals surface area contributed by atoms with Crippen molar-refractivity contribution in [1.29, 1.82) is 0 Å². The monoisotopic (exact) mass is 306 g/mol. The highest BCUT2D eigenvalue weighted by atomic mass is 35.5. The summed E-state index contributed by atoms with van der Waals surface area (Å²) in [6.07, 6.45) is 2.74. The largest absolute Gasteiger partial charge is 0.495 e. The Kier molecular flexibility index (Phi) is 5.22. The van der Waals surface area contributed by atoms with Gasteiger partial charge in [0.05, 0.1) is 12.1 Å². The van der Waals surface area contributed by atoms with Gasteiger partial charge in [-0.2, -0.15) is 4.98 Å². The molecule has 2 aromatic rings. The molecule has 0 saturated heterocycles. The standard InChI is InChI=1S/C15H19ClN4O/c1-4-10(2)18-14-7-8-17-15(20-14)19-11-5-6-13(21-3)12(16)9-11/h5-10H,4H2,1-3H3,(H2,17,18,19,20). The minimum atomic E-state index is 0.364. The SMILES string of the molecule is CCC(C)Nc1ccnc(Nc2ccc(OC)c(Cl)c2)n1. The molecule has 0 radical (unpaired) electrons. The van der Waals surface area contributed by atoms with E-state index in [0.29, 0.717) is 22.8 Å². The fourth-order valence-corrected chi connectivity index (χ4v) is 1.98. The smallest absolute Gasteiger partial charge is 0.229 e. The van der Waals surface area contributed by atoms with Crippen molar-refractivity contribution in [2.45, 2.75) is 26.3 Å². The van der Waals surface area contributed by atoms with Crippen LogP contribution in [0.4, 0.5) is 17.5 Å². The number of rotatable bonds is 6. The molecular formula is C15H19ClN4O. The number of nitrogens with zero attached hydrogens (tertiary/aromatic N) is 2. The number of benzene rings is 1. The summed E-state index contributed by atoms with van der Waals surface area (Å²) < 4.78 is 5.12. The molecule has 1 aromatic heterocycles. The van der Waals surface area contributed by atoms with Crippen molar-refractivity contribution >= 4 is 29.1 Å². The van der Waals surface area contributed by atoms with Crippen LogP contribution < -0.4 is 15.4 Å². The molecule has 0 spiro atoms. The summed E-state index contributed by atoms with van der Waals surface area (Å²) in [5, 5.41) is 6.97. The highest BCUT2D eigenvalue weighted by Gasteiger charge is 2.05. The van der Waals surface area contributed by atoms with Crippen LogP contribution in [0.25, 0.3) is 0 Å². The Balaban J connectivity index is 2.12. The zero-order valence-corrected chi connectivity index (χ0v) is 13.1. The third-order valence-corrected chi connectivity index (χ3v) is 3.37. The van der Waals surface area contributed by atoms with E-state index in [1.54, 1.807) is 25.4 Å². The van der Waals surface area contributed by atoms with E-state index in [4.69, 9.17) is 16.3 Å². The first-order valence-corrected chi connectivity index (χ1v) is 7.20. The van der Waals surface area contributed by atoms with Crippen molar-refractivity contribution in [3.05, 3.63) is 35.5 Å². The second kappa shape index (κ2) is 7.13. The number of nitrogens with one attached hydrogen (secondary N) is 2. The fourth-order valence-electron chi connectivity index (χ4n) is 1.73. The van der Waals surface area contributed by atoms with Crippen LogP contribution in [0.1, 0.15) is 20.3 Å². The third-order valence-electron chi connectivity index (χ3n) is 3.07. The zero-order valence-electron chi connectivity index (χ0n) is 12.4. The van der Waals surface area contributed by atoms with Crippen LogP contribution in [0.3, 0.4) is 0 Å². The molecule has 1 heterocycles. The van der Waals surface area contributed by atoms with Gasteiger partial charge in [0.15, 0.2) is 0 Å². The van der Waals surface area contributed by atoms with Gasteiger partial charge in [-0.25, -0.2) is 4.98 Å². The van der Waals surface area contributed by atoms with E-state index in [-0.39, 0.29) is 0 Å². The van der Waals surface area contributed by atoms with Crippen molar-refractivity contribution < 1.29 is 4.74 Å². The van der Waals surface area contributed by atoms with Crippen molar-refractivity contribution in [3.8, 4) is 5.75 Å². The van der Waals surface area contributed by atoms with E-state index >= 15 is 0 Å². The van der Waals surface area contributed by atoms with Crippen molar-refractivity contribution in [1.82, 2.24) is 9.97 Å². The number of ether oxygens (including phenoxy) is 1. The molecule has 0 aliphatic rings. The van der Waals surface area contributed by atoms with Gasteiger partial charge in [-0.3, -0.25) is 0 Å². The number of halogens is 1. The molecule has 2 N–H and O–H groups in total. The highest BCUT2D eigenvalue weighted by molar-refractivity contribution is 6.32. The number of anilines is 3. The zero-order chi connectivity index (χ0) is 15.2. The molecule has 6 heteroatoms. The van der Waals surface area contributed by atoms with E-state index in [1.807, 2.05) is 12.1 Å². The summed E-state index contributed by atoms with van der Waals surface area (Å²) in [7, 11) is 1.58. The van der Waals surface area contributed by atoms with Crippen LogP contribution in [-0.4, -0.2) is 23.1 Å². The predicted octanol–water partition coefficient (Wildman–Crippen LogP) is 4.09. The number of aromatic nitrogens is 2. The average Bonchev–Trinajstić information content (AvgIpc) is 2.47. The minimum Gasteiger partial charge on any atom is -0.495 e. The highest BCUT2D eigenvalue weighted by Crippen LogP contribution is 2.28. The normalized spacial score (nSPS) is 11.8. The molecule has 0 fully saturated rings. The van der Waals surface area contributed by atoms with Crippen molar-refractivity contribution in [2.75, 3.05) is 17.7 Å². The first kappa shape index (κ1) is 15.4. The first-order valence-electron chi connectivity index (χ1n) is 6.82.